The maximum Gasteiger partial charge on any atom is 0.334 e. The Kier molecular flexibility index (Phi) is 7.35. The van der Waals surface area contributed by atoms with Crippen LogP contribution in [0.1, 0.15) is 60.9 Å². The fourth-order valence-corrected chi connectivity index (χ4v) is 10.3. The summed E-state index contributed by atoms with van der Waals surface area (Å²) < 4.78 is 33.2. The highest BCUT2D eigenvalue weighted by molar-refractivity contribution is 7.99. The van der Waals surface area contributed by atoms with E-state index in [0.29, 0.717) is 17.8 Å². The average Bonchev–Trinajstić information content (AvgIpc) is 4.00. The zero-order valence-corrected chi connectivity index (χ0v) is 30.5. The van der Waals surface area contributed by atoms with Gasteiger partial charge in [-0.3, -0.25) is 0 Å². The highest BCUT2D eigenvalue weighted by Crippen LogP contribution is 2.60. The molecule has 0 aliphatic carbocycles. The molecule has 4 bridgehead atoms. The van der Waals surface area contributed by atoms with Crippen LogP contribution in [0.4, 0.5) is 0 Å². The quantitative estimate of drug-likeness (QED) is 0.0881. The predicted molar refractivity (Wildman–Crippen MR) is 205 cm³/mol. The molecular formula is C46H38O6S. The van der Waals surface area contributed by atoms with E-state index in [2.05, 4.69) is 67.8 Å². The molecule has 4 aliphatic heterocycles. The number of benzene rings is 5. The molecule has 5 unspecified atom stereocenters. The minimum atomic E-state index is -1.28. The van der Waals surface area contributed by atoms with Crippen LogP contribution in [0.2, 0.25) is 0 Å². The fourth-order valence-electron chi connectivity index (χ4n) is 9.11. The number of carbonyl (C=O) groups excluding carboxylic acids is 1. The third-order valence-corrected chi connectivity index (χ3v) is 12.5. The van der Waals surface area contributed by atoms with Gasteiger partial charge in [0, 0.05) is 43.5 Å². The first kappa shape index (κ1) is 32.6. The third-order valence-electron chi connectivity index (χ3n) is 11.4. The summed E-state index contributed by atoms with van der Waals surface area (Å²) in [4.78, 5) is 15.7. The second kappa shape index (κ2) is 12.0. The van der Waals surface area contributed by atoms with E-state index in [1.54, 1.807) is 18.7 Å². The summed E-state index contributed by atoms with van der Waals surface area (Å²) in [7, 11) is 0. The van der Waals surface area contributed by atoms with Crippen LogP contribution in [0, 0.1) is 5.92 Å². The topological polar surface area (TPSA) is 67.1 Å². The summed E-state index contributed by atoms with van der Waals surface area (Å²) in [6, 6.07) is 35.1. The van der Waals surface area contributed by atoms with Crippen LogP contribution >= 0.6 is 11.8 Å². The van der Waals surface area contributed by atoms with Gasteiger partial charge in [-0.1, -0.05) is 79.0 Å². The first-order chi connectivity index (χ1) is 25.7. The molecule has 10 rings (SSSR count). The van der Waals surface area contributed by atoms with Crippen molar-refractivity contribution in [2.45, 2.75) is 66.3 Å². The van der Waals surface area contributed by atoms with Crippen molar-refractivity contribution in [3.05, 3.63) is 155 Å². The molecule has 0 radical (unpaired) electrons. The maximum absolute atomic E-state index is 13.7. The van der Waals surface area contributed by atoms with Crippen LogP contribution in [0.15, 0.2) is 142 Å². The Labute approximate surface area is 312 Å². The molecule has 0 spiro atoms. The molecule has 0 N–H and O–H groups in total. The van der Waals surface area contributed by atoms with Gasteiger partial charge in [0.25, 0.3) is 0 Å². The molecule has 264 valence electrons. The normalized spacial score (nSPS) is 24.9. The number of carbonyl (C=O) groups is 1. The van der Waals surface area contributed by atoms with Crippen molar-refractivity contribution in [2.24, 2.45) is 5.92 Å². The van der Waals surface area contributed by atoms with Gasteiger partial charge in [-0.05, 0) is 98.8 Å². The number of hydrogen-bond acceptors (Lipinski definition) is 7. The summed E-state index contributed by atoms with van der Waals surface area (Å²) >= 11 is 1.67. The van der Waals surface area contributed by atoms with Gasteiger partial charge < -0.3 is 23.4 Å². The second-order valence-electron chi connectivity index (χ2n) is 14.9. The van der Waals surface area contributed by atoms with E-state index < -0.39 is 17.2 Å². The first-order valence-electron chi connectivity index (χ1n) is 18.2. The van der Waals surface area contributed by atoms with Crippen LogP contribution in [0.3, 0.4) is 0 Å². The lowest BCUT2D eigenvalue weighted by Gasteiger charge is -2.46. The number of rotatable bonds is 8. The molecule has 2 saturated heterocycles. The summed E-state index contributed by atoms with van der Waals surface area (Å²) in [5.41, 5.74) is 7.06. The molecule has 53 heavy (non-hydrogen) atoms. The van der Waals surface area contributed by atoms with Crippen molar-refractivity contribution in [3.63, 3.8) is 0 Å². The summed E-state index contributed by atoms with van der Waals surface area (Å²) in [6.07, 6.45) is 3.30. The van der Waals surface area contributed by atoms with Gasteiger partial charge in [0.15, 0.2) is 5.60 Å². The molecule has 7 heteroatoms. The summed E-state index contributed by atoms with van der Waals surface area (Å²) in [5.74, 6) is 1.20. The second-order valence-corrected chi connectivity index (χ2v) is 16.0. The number of hydrogen-bond donors (Lipinski definition) is 0. The molecule has 0 amide bonds. The van der Waals surface area contributed by atoms with Gasteiger partial charge in [0.05, 0.1) is 24.4 Å². The van der Waals surface area contributed by atoms with Gasteiger partial charge >= 0.3 is 5.97 Å². The molecule has 0 saturated carbocycles. The Bertz CT molecular complexity index is 2480. The Morgan fingerprint density at radius 2 is 1.53 bits per heavy atom. The highest BCUT2D eigenvalue weighted by Gasteiger charge is 2.57. The van der Waals surface area contributed by atoms with E-state index in [4.69, 9.17) is 23.4 Å². The Morgan fingerprint density at radius 1 is 0.792 bits per heavy atom. The third kappa shape index (κ3) is 4.84. The van der Waals surface area contributed by atoms with Crippen molar-refractivity contribution in [3.8, 4) is 22.6 Å². The van der Waals surface area contributed by atoms with Crippen molar-refractivity contribution in [1.29, 1.82) is 0 Å². The van der Waals surface area contributed by atoms with Gasteiger partial charge in [-0.15, -0.1) is 0 Å². The zero-order chi connectivity index (χ0) is 36.1. The van der Waals surface area contributed by atoms with Crippen molar-refractivity contribution < 1.29 is 28.2 Å². The van der Waals surface area contributed by atoms with Crippen LogP contribution in [-0.2, 0) is 30.2 Å². The van der Waals surface area contributed by atoms with E-state index in [9.17, 15) is 4.79 Å². The molecule has 5 atom stereocenters. The lowest BCUT2D eigenvalue weighted by Crippen LogP contribution is -2.46. The number of esters is 1. The van der Waals surface area contributed by atoms with E-state index in [0.717, 1.165) is 90.7 Å². The maximum atomic E-state index is 13.7. The minimum absolute atomic E-state index is 0.0823. The lowest BCUT2D eigenvalue weighted by molar-refractivity contribution is -0.148. The number of fused-ring (bicyclic) bond motifs is 8. The standard InChI is InChI=1S/C46H38O6S/c1-26(2)25-48-45(35-23-30-15-18-39(35)49-30)32-9-5-7-11-38(32)51-41-17-13-28(21-34(41)45)29-14-20-43-37(22-29)46(52-44(47)27(3)4,33-10-6-8-12-42(33)53-43)36-24-31-16-19-40(36)50-31/h5-14,16-17,19-22,24,30,35,39H,1,3,15,18,23,25H2,2,4H3. The molecule has 6 nitrogen and oxygen atoms in total. The minimum Gasteiger partial charge on any atom is -0.457 e. The van der Waals surface area contributed by atoms with E-state index in [-0.39, 0.29) is 18.1 Å². The monoisotopic (exact) mass is 718 g/mol. The Morgan fingerprint density at radius 3 is 2.25 bits per heavy atom. The van der Waals surface area contributed by atoms with E-state index >= 15 is 0 Å². The van der Waals surface area contributed by atoms with Crippen LogP contribution in [0.25, 0.3) is 22.3 Å². The highest BCUT2D eigenvalue weighted by atomic mass is 32.2. The number of furan rings is 2. The van der Waals surface area contributed by atoms with Crippen molar-refractivity contribution in [2.75, 3.05) is 6.61 Å². The molecule has 4 aromatic carbocycles. The number of para-hydroxylation sites is 1. The van der Waals surface area contributed by atoms with Gasteiger partial charge in [0.1, 0.15) is 28.3 Å². The Balaban J connectivity index is 1.18. The molecule has 2 aromatic heterocycles. The SMILES string of the molecule is C=C(C)COC1(C2CC3CCC2O3)c2ccccc2Oc2ccc(-c3ccc4c(c3)C(OC(=O)C(=C)C)(c3cc5ccc3o5)c3ccccc3S4)cc21. The molecule has 6 aromatic rings. The van der Waals surface area contributed by atoms with Gasteiger partial charge in [-0.25, -0.2) is 4.79 Å². The fraction of sp³-hybridized carbons (Fsp3) is 0.239. The van der Waals surface area contributed by atoms with Crippen LogP contribution in [-0.4, -0.2) is 24.8 Å². The molecule has 6 heterocycles. The first-order valence-corrected chi connectivity index (χ1v) is 19.1. The van der Waals surface area contributed by atoms with E-state index in [1.165, 1.54) is 0 Å². The largest absolute Gasteiger partial charge is 0.457 e. The lowest BCUT2D eigenvalue weighted by atomic mass is 9.68. The predicted octanol–water partition coefficient (Wildman–Crippen LogP) is 10.9. The summed E-state index contributed by atoms with van der Waals surface area (Å²) in [6.45, 7) is 12.3. The zero-order valence-electron chi connectivity index (χ0n) is 29.6. The molecule has 2 fully saturated rings. The average molecular weight is 719 g/mol. The molecule has 4 aliphatic rings. The number of ether oxygens (including phenoxy) is 4. The van der Waals surface area contributed by atoms with Gasteiger partial charge in [0.2, 0.25) is 0 Å². The summed E-state index contributed by atoms with van der Waals surface area (Å²) in [5, 5.41) is 0. The molecular weight excluding hydrogens is 681 g/mol. The Hall–Kier alpha value is -5.08. The van der Waals surface area contributed by atoms with E-state index in [1.807, 2.05) is 55.5 Å². The van der Waals surface area contributed by atoms with Crippen molar-refractivity contribution >= 4 is 28.9 Å². The smallest absolute Gasteiger partial charge is 0.334 e. The van der Waals surface area contributed by atoms with Crippen LogP contribution in [0.5, 0.6) is 11.5 Å². The van der Waals surface area contributed by atoms with Crippen LogP contribution < -0.4 is 4.74 Å². The van der Waals surface area contributed by atoms with Crippen molar-refractivity contribution in [1.82, 2.24) is 0 Å². The van der Waals surface area contributed by atoms with Gasteiger partial charge in [-0.2, -0.15) is 0 Å².